The molecule has 12 rings (SSSR count). The van der Waals surface area contributed by atoms with Gasteiger partial charge in [-0.2, -0.15) is 0 Å². The summed E-state index contributed by atoms with van der Waals surface area (Å²) in [6.45, 7) is 0. The van der Waals surface area contributed by atoms with Crippen molar-refractivity contribution in [2.75, 3.05) is 0 Å². The fraction of sp³-hybridized carbons (Fsp3) is 0.0926. The summed E-state index contributed by atoms with van der Waals surface area (Å²) in [5.41, 5.74) is 21.5. The van der Waals surface area contributed by atoms with Gasteiger partial charge >= 0.3 is 0 Å². The van der Waals surface area contributed by atoms with Gasteiger partial charge in [0.05, 0.1) is 11.4 Å². The molecule has 3 aromatic heterocycles. The van der Waals surface area contributed by atoms with E-state index in [1.807, 2.05) is 30.5 Å². The summed E-state index contributed by atoms with van der Waals surface area (Å²) in [7, 11) is 0. The quantitative estimate of drug-likeness (QED) is 0.176. The van der Waals surface area contributed by atoms with Gasteiger partial charge in [-0.25, -0.2) is 0 Å². The molecule has 0 bridgehead atoms. The summed E-state index contributed by atoms with van der Waals surface area (Å²) in [6, 6.07) is 41.4. The molecule has 0 radical (unpaired) electrons. The van der Waals surface area contributed by atoms with Crippen LogP contribution in [0.4, 0.5) is 0 Å². The third kappa shape index (κ3) is 5.11. The van der Waals surface area contributed by atoms with Gasteiger partial charge in [0, 0.05) is 29.7 Å². The number of hydrogen-bond acceptors (Lipinski definition) is 3. The Labute approximate surface area is 338 Å². The molecule has 4 heteroatoms. The first-order valence-electron chi connectivity index (χ1n) is 20.3. The zero-order valence-corrected chi connectivity index (χ0v) is 31.8. The summed E-state index contributed by atoms with van der Waals surface area (Å²) in [5, 5.41) is 7.91. The molecule has 0 N–H and O–H groups in total. The van der Waals surface area contributed by atoms with E-state index in [4.69, 9.17) is 15.3 Å². The van der Waals surface area contributed by atoms with Crippen molar-refractivity contribution in [1.29, 1.82) is 0 Å². The van der Waals surface area contributed by atoms with Gasteiger partial charge in [0.15, 0.2) is 0 Å². The molecule has 7 aromatic rings. The third-order valence-electron chi connectivity index (χ3n) is 12.5. The first-order chi connectivity index (χ1) is 28.8. The van der Waals surface area contributed by atoms with Crippen LogP contribution in [0.3, 0.4) is 0 Å². The minimum absolute atomic E-state index is 0.191. The van der Waals surface area contributed by atoms with Gasteiger partial charge in [0.2, 0.25) is 0 Å². The smallest absolute Gasteiger partial charge is 0.0889 e. The second kappa shape index (κ2) is 13.2. The minimum Gasteiger partial charge on any atom is -0.671 e. The molecule has 4 aromatic carbocycles. The van der Waals surface area contributed by atoms with Gasteiger partial charge in [-0.3, -0.25) is 15.0 Å². The Morgan fingerprint density at radius 3 is 2.31 bits per heavy atom. The Morgan fingerprint density at radius 2 is 1.48 bits per heavy atom. The van der Waals surface area contributed by atoms with E-state index in [0.717, 1.165) is 58.9 Å². The fourth-order valence-corrected chi connectivity index (χ4v) is 9.89. The Kier molecular flexibility index (Phi) is 7.52. The van der Waals surface area contributed by atoms with Crippen molar-refractivity contribution < 1.29 is 0 Å². The predicted octanol–water partition coefficient (Wildman–Crippen LogP) is 13.5. The van der Waals surface area contributed by atoms with E-state index in [2.05, 4.69) is 151 Å². The largest absolute Gasteiger partial charge is 0.671 e. The van der Waals surface area contributed by atoms with Crippen molar-refractivity contribution in [3.63, 3.8) is 0 Å². The molecule has 274 valence electrons. The molecular weight excluding hydrogens is 705 g/mol. The van der Waals surface area contributed by atoms with Crippen LogP contribution in [0, 0.1) is 0 Å². The van der Waals surface area contributed by atoms with E-state index in [9.17, 15) is 0 Å². The lowest BCUT2D eigenvalue weighted by Gasteiger charge is -2.41. The first-order valence-corrected chi connectivity index (χ1v) is 20.3. The van der Waals surface area contributed by atoms with Crippen LogP contribution < -0.4 is 0 Å². The van der Waals surface area contributed by atoms with E-state index in [1.54, 1.807) is 0 Å². The summed E-state index contributed by atoms with van der Waals surface area (Å²) in [6.07, 6.45) is 24.8. The molecule has 58 heavy (non-hydrogen) atoms. The van der Waals surface area contributed by atoms with E-state index in [-0.39, 0.29) is 12.0 Å². The van der Waals surface area contributed by atoms with E-state index in [0.29, 0.717) is 0 Å². The normalized spacial score (nSPS) is 18.2. The second-order valence-electron chi connectivity index (χ2n) is 15.7. The number of allylic oxidation sites excluding steroid dienone is 7. The van der Waals surface area contributed by atoms with Crippen LogP contribution in [0.2, 0.25) is 0 Å². The lowest BCUT2D eigenvalue weighted by molar-refractivity contribution is 0.810. The number of hydrogen-bond donors (Lipinski definition) is 0. The number of fused-ring (bicyclic) bond motifs is 7. The number of aromatic nitrogens is 3. The molecule has 0 fully saturated rings. The molecule has 4 aliphatic carbocycles. The molecular formula is C54H37N4-. The molecule has 0 saturated carbocycles. The number of pyridine rings is 3. The Hall–Kier alpha value is -7.17. The van der Waals surface area contributed by atoms with Crippen LogP contribution in [0.25, 0.3) is 72.7 Å². The molecule has 0 spiro atoms. The zero-order valence-electron chi connectivity index (χ0n) is 31.8. The Morgan fingerprint density at radius 1 is 0.621 bits per heavy atom. The van der Waals surface area contributed by atoms with Gasteiger partial charge in [-0.1, -0.05) is 145 Å². The molecule has 1 aliphatic heterocycles. The standard InChI is InChI=1S/C54H37N4/c1-3-12-33(13-4-1)48-40-16-7-8-17-41(40)49(34-14-5-2-6-15-34)52-43-27-26-38(39-18-11-19-42(50(39)43)51(48)52)37-25-28-45(56-32-37)47-30-24-36-22-21-35-23-29-46(44-20-9-10-31-55-44)57-53(35)54(36)58-47/h1-5,7-14,16-25,27-32,38,54H,6,15,26H2/q-1. The lowest BCUT2D eigenvalue weighted by atomic mass is 9.78. The molecule has 0 amide bonds. The minimum atomic E-state index is -0.191. The van der Waals surface area contributed by atoms with E-state index < -0.39 is 0 Å². The first kappa shape index (κ1) is 33.0. The van der Waals surface area contributed by atoms with Gasteiger partial charge in [0.25, 0.3) is 0 Å². The van der Waals surface area contributed by atoms with Crippen LogP contribution in [0.15, 0.2) is 176 Å². The number of benzene rings is 4. The van der Waals surface area contributed by atoms with Gasteiger partial charge in [-0.15, -0.1) is 5.70 Å². The highest BCUT2D eigenvalue weighted by Gasteiger charge is 2.37. The average Bonchev–Trinajstić information content (AvgIpc) is 3.63. The maximum atomic E-state index is 5.26. The molecule has 4 nitrogen and oxygen atoms in total. The highest BCUT2D eigenvalue weighted by atomic mass is 15.0. The molecule has 0 saturated heterocycles. The van der Waals surface area contributed by atoms with Crippen LogP contribution >= 0.6 is 0 Å². The second-order valence-corrected chi connectivity index (χ2v) is 15.7. The monoisotopic (exact) mass is 741 g/mol. The molecule has 4 heterocycles. The molecule has 5 aliphatic rings. The van der Waals surface area contributed by atoms with Gasteiger partial charge in [0.1, 0.15) is 0 Å². The Balaban J connectivity index is 0.927. The van der Waals surface area contributed by atoms with Crippen LogP contribution in [0.1, 0.15) is 76.0 Å². The van der Waals surface area contributed by atoms with Crippen molar-refractivity contribution in [1.82, 2.24) is 15.0 Å². The SMILES string of the molecule is C1=CCCC(c2c3c(c(-c4ccccc4)c4ccccc24)-c2cccc4c2C3=CCC4c2ccc(C3=CC=C4C=Cc5ccc(-c6ccccn6)nc5C4[N-]3)nc2)=C1. The highest BCUT2D eigenvalue weighted by molar-refractivity contribution is 6.19. The predicted molar refractivity (Wildman–Crippen MR) is 238 cm³/mol. The van der Waals surface area contributed by atoms with E-state index >= 15 is 0 Å². The average molecular weight is 742 g/mol. The summed E-state index contributed by atoms with van der Waals surface area (Å²) in [4.78, 5) is 14.7. The summed E-state index contributed by atoms with van der Waals surface area (Å²) in [5.74, 6) is 0.192. The van der Waals surface area contributed by atoms with Gasteiger partial charge in [-0.05, 0) is 127 Å². The van der Waals surface area contributed by atoms with Crippen LogP contribution in [0.5, 0.6) is 0 Å². The van der Waals surface area contributed by atoms with Crippen molar-refractivity contribution in [3.8, 4) is 33.6 Å². The maximum Gasteiger partial charge on any atom is 0.0889 e. The van der Waals surface area contributed by atoms with E-state index in [1.165, 1.54) is 72.0 Å². The molecule has 2 unspecified atom stereocenters. The summed E-state index contributed by atoms with van der Waals surface area (Å²) < 4.78 is 0. The van der Waals surface area contributed by atoms with Crippen molar-refractivity contribution in [2.45, 2.75) is 31.2 Å². The van der Waals surface area contributed by atoms with Crippen LogP contribution in [-0.4, -0.2) is 15.0 Å². The maximum absolute atomic E-state index is 5.26. The highest BCUT2D eigenvalue weighted by Crippen LogP contribution is 2.59. The van der Waals surface area contributed by atoms with Crippen molar-refractivity contribution in [2.24, 2.45) is 0 Å². The third-order valence-corrected chi connectivity index (χ3v) is 12.5. The van der Waals surface area contributed by atoms with Crippen molar-refractivity contribution in [3.05, 3.63) is 226 Å². The molecule has 2 atom stereocenters. The van der Waals surface area contributed by atoms with Gasteiger partial charge < -0.3 is 5.32 Å². The summed E-state index contributed by atoms with van der Waals surface area (Å²) >= 11 is 0. The topological polar surface area (TPSA) is 52.8 Å². The van der Waals surface area contributed by atoms with Crippen LogP contribution in [-0.2, 0) is 0 Å². The zero-order chi connectivity index (χ0) is 38.2. The lowest BCUT2D eigenvalue weighted by Crippen LogP contribution is -2.12. The Bertz CT molecular complexity index is 3030. The fourth-order valence-electron chi connectivity index (χ4n) is 9.89. The number of rotatable bonds is 5. The number of nitrogens with zero attached hydrogens (tertiary/aromatic N) is 4. The van der Waals surface area contributed by atoms with Crippen molar-refractivity contribution >= 4 is 33.7 Å².